The van der Waals surface area contributed by atoms with E-state index in [0.29, 0.717) is 6.42 Å². The number of hydrogen-bond acceptors (Lipinski definition) is 5. The van der Waals surface area contributed by atoms with Crippen LogP contribution in [0.5, 0.6) is 0 Å². The molecule has 0 amide bonds. The quantitative estimate of drug-likeness (QED) is 0.187. The summed E-state index contributed by atoms with van der Waals surface area (Å²) in [5.74, 6) is 0. The zero-order valence-electron chi connectivity index (χ0n) is 24.0. The maximum atomic E-state index is 10.0. The van der Waals surface area contributed by atoms with E-state index in [-0.39, 0.29) is 6.10 Å². The molecule has 0 aliphatic carbocycles. The molecule has 1 N–H and O–H groups in total. The fourth-order valence-electron chi connectivity index (χ4n) is 3.14. The summed E-state index contributed by atoms with van der Waals surface area (Å²) in [5, 5.41) is 9.25. The van der Waals surface area contributed by atoms with Gasteiger partial charge >= 0.3 is 0 Å². The predicted octanol–water partition coefficient (Wildman–Crippen LogP) is 7.29. The minimum atomic E-state index is -0.102. The number of nitrogens with zero attached hydrogens (tertiary/aromatic N) is 1. The number of β-amino-alcohol motifs (C(OH)–C–C–N with tert-alkyl or cyclic N) is 1. The fraction of sp³-hybridized carbons (Fsp3) is 0.964. The molecule has 1 unspecified atom stereocenters. The number of unbranched alkanes of at least 4 members (excludes halogenated alkanes) is 10. The van der Waals surface area contributed by atoms with Crippen LogP contribution >= 0.6 is 0 Å². The Hall–Kier alpha value is -0.490. The van der Waals surface area contributed by atoms with E-state index in [9.17, 15) is 9.90 Å². The first kappa shape index (κ1) is 39.7. The molecule has 1 heterocycles. The molecular weight excluding hydrogens is 414 g/mol. The minimum Gasteiger partial charge on any atom is -0.392 e. The van der Waals surface area contributed by atoms with Gasteiger partial charge < -0.3 is 24.3 Å². The Morgan fingerprint density at radius 1 is 0.818 bits per heavy atom. The molecule has 0 aromatic heterocycles. The van der Waals surface area contributed by atoms with Crippen LogP contribution < -0.4 is 0 Å². The Morgan fingerprint density at radius 2 is 1.33 bits per heavy atom. The van der Waals surface area contributed by atoms with Crippen LogP contribution in [0.4, 0.5) is 0 Å². The molecule has 1 fully saturated rings. The van der Waals surface area contributed by atoms with Gasteiger partial charge in [-0.15, -0.1) is 0 Å². The number of aliphatic hydroxyl groups excluding tert-OH is 1. The zero-order valence-corrected chi connectivity index (χ0v) is 24.0. The van der Waals surface area contributed by atoms with Crippen molar-refractivity contribution in [3.63, 3.8) is 0 Å². The molecule has 204 valence electrons. The first-order valence-corrected chi connectivity index (χ1v) is 14.0. The maximum Gasteiger partial charge on any atom is 0.119 e. The zero-order chi connectivity index (χ0) is 26.0. The second-order valence-electron chi connectivity index (χ2n) is 7.80. The summed E-state index contributed by atoms with van der Waals surface area (Å²) in [7, 11) is 3.46. The summed E-state index contributed by atoms with van der Waals surface area (Å²) >= 11 is 0. The Kier molecular flexibility index (Phi) is 50.2. The maximum absolute atomic E-state index is 10.0. The number of rotatable bonds is 16. The summed E-state index contributed by atoms with van der Waals surface area (Å²) in [6.07, 6.45) is 16.8. The van der Waals surface area contributed by atoms with Crippen LogP contribution in [0, 0.1) is 0 Å². The van der Waals surface area contributed by atoms with E-state index in [1.54, 1.807) is 14.2 Å². The molecule has 1 aliphatic heterocycles. The lowest BCUT2D eigenvalue weighted by Crippen LogP contribution is -2.23. The lowest BCUT2D eigenvalue weighted by atomic mass is 10.1. The van der Waals surface area contributed by atoms with Crippen molar-refractivity contribution in [3.8, 4) is 0 Å². The number of carbonyl (C=O) groups excluding carboxylic acids is 1. The number of methoxy groups -OCH3 is 2. The van der Waals surface area contributed by atoms with Gasteiger partial charge in [0.25, 0.3) is 0 Å². The summed E-state index contributed by atoms with van der Waals surface area (Å²) < 4.78 is 9.53. The predicted molar refractivity (Wildman–Crippen MR) is 146 cm³/mol. The first-order valence-electron chi connectivity index (χ1n) is 14.0. The van der Waals surface area contributed by atoms with E-state index in [1.165, 1.54) is 51.4 Å². The van der Waals surface area contributed by atoms with Crippen molar-refractivity contribution in [3.05, 3.63) is 0 Å². The molecule has 1 aliphatic rings. The van der Waals surface area contributed by atoms with Gasteiger partial charge in [0.1, 0.15) is 6.29 Å². The van der Waals surface area contributed by atoms with E-state index < -0.39 is 0 Å². The van der Waals surface area contributed by atoms with Crippen LogP contribution in [0.25, 0.3) is 0 Å². The molecule has 0 saturated carbocycles. The number of aldehydes is 1. The summed E-state index contributed by atoms with van der Waals surface area (Å²) in [5.41, 5.74) is 0. The van der Waals surface area contributed by atoms with Crippen molar-refractivity contribution in [2.75, 3.05) is 47.1 Å². The fourth-order valence-corrected chi connectivity index (χ4v) is 3.14. The molecule has 0 bridgehead atoms. The van der Waals surface area contributed by atoms with E-state index >= 15 is 0 Å². The van der Waals surface area contributed by atoms with Gasteiger partial charge in [0, 0.05) is 46.9 Å². The van der Waals surface area contributed by atoms with Crippen LogP contribution in [-0.4, -0.2) is 69.5 Å². The normalized spacial score (nSPS) is 14.4. The van der Waals surface area contributed by atoms with Crippen LogP contribution in [0.1, 0.15) is 125 Å². The van der Waals surface area contributed by atoms with Gasteiger partial charge in [0.2, 0.25) is 0 Å². The summed E-state index contributed by atoms with van der Waals surface area (Å²) in [4.78, 5) is 12.3. The topological polar surface area (TPSA) is 59.0 Å². The van der Waals surface area contributed by atoms with Crippen molar-refractivity contribution in [1.29, 1.82) is 0 Å². The van der Waals surface area contributed by atoms with Gasteiger partial charge in [-0.2, -0.15) is 0 Å². The molecule has 33 heavy (non-hydrogen) atoms. The lowest BCUT2D eigenvalue weighted by molar-refractivity contribution is -0.107. The Labute approximate surface area is 209 Å². The van der Waals surface area contributed by atoms with Crippen molar-refractivity contribution >= 4 is 6.29 Å². The molecular formula is C28H63NO4. The van der Waals surface area contributed by atoms with E-state index in [2.05, 4.69) is 16.6 Å². The second-order valence-corrected chi connectivity index (χ2v) is 7.80. The van der Waals surface area contributed by atoms with E-state index in [4.69, 9.17) is 4.74 Å². The molecule has 1 rings (SSSR count). The van der Waals surface area contributed by atoms with Crippen molar-refractivity contribution in [1.82, 2.24) is 4.90 Å². The van der Waals surface area contributed by atoms with Gasteiger partial charge in [0.05, 0.1) is 6.10 Å². The van der Waals surface area contributed by atoms with Crippen LogP contribution in [-0.2, 0) is 14.3 Å². The monoisotopic (exact) mass is 477 g/mol. The molecule has 5 nitrogen and oxygen atoms in total. The van der Waals surface area contributed by atoms with Gasteiger partial charge in [-0.25, -0.2) is 0 Å². The van der Waals surface area contributed by atoms with Gasteiger partial charge in [-0.1, -0.05) is 86.0 Å². The molecule has 0 aromatic carbocycles. The van der Waals surface area contributed by atoms with Crippen molar-refractivity contribution in [2.24, 2.45) is 0 Å². The highest BCUT2D eigenvalue weighted by atomic mass is 16.5. The van der Waals surface area contributed by atoms with Crippen LogP contribution in [0.2, 0.25) is 0 Å². The Bertz CT molecular complexity index is 292. The molecule has 0 radical (unpaired) electrons. The average molecular weight is 478 g/mol. The SMILES string of the molecule is CC.CC.CCCCCCCCCCOC.CCOC.O=CCCCCCN1CCC(O)C1. The van der Waals surface area contributed by atoms with Gasteiger partial charge in [-0.3, -0.25) is 0 Å². The van der Waals surface area contributed by atoms with Crippen molar-refractivity contribution in [2.45, 2.75) is 131 Å². The Balaban J connectivity index is -0.000000195. The van der Waals surface area contributed by atoms with Crippen molar-refractivity contribution < 1.29 is 19.4 Å². The summed E-state index contributed by atoms with van der Waals surface area (Å²) in [6, 6.07) is 0. The molecule has 1 saturated heterocycles. The first-order chi connectivity index (χ1) is 16.2. The van der Waals surface area contributed by atoms with E-state index in [0.717, 1.165) is 64.8 Å². The minimum absolute atomic E-state index is 0.102. The molecule has 0 spiro atoms. The number of aliphatic hydroxyl groups is 1. The number of ether oxygens (including phenoxy) is 2. The average Bonchev–Trinajstić information content (AvgIpc) is 3.28. The molecule has 1 atom stereocenters. The number of carbonyl (C=O) groups is 1. The summed E-state index contributed by atoms with van der Waals surface area (Å²) in [6.45, 7) is 16.9. The highest BCUT2D eigenvalue weighted by Crippen LogP contribution is 2.10. The van der Waals surface area contributed by atoms with Crippen LogP contribution in [0.15, 0.2) is 0 Å². The van der Waals surface area contributed by atoms with E-state index in [1.807, 2.05) is 34.6 Å². The number of likely N-dealkylation sites (tertiary alicyclic amines) is 1. The third kappa shape index (κ3) is 42.2. The third-order valence-electron chi connectivity index (χ3n) is 5.03. The standard InChI is InChI=1S/C11H24O.C10H19NO2.C3H8O.2C2H6/c1-3-4-5-6-7-8-9-10-11-12-2;12-8-4-2-1-3-6-11-7-5-10(13)9-11;1-3-4-2;2*1-2/h3-11H2,1-2H3;8,10,13H,1-7,9H2;3H2,1-2H3;2*1-2H3. The highest BCUT2D eigenvalue weighted by Gasteiger charge is 2.18. The number of hydrogen-bond donors (Lipinski definition) is 1. The van der Waals surface area contributed by atoms with Gasteiger partial charge in [0.15, 0.2) is 0 Å². The largest absolute Gasteiger partial charge is 0.392 e. The smallest absolute Gasteiger partial charge is 0.119 e. The molecule has 5 heteroatoms. The second kappa shape index (κ2) is 41.7. The highest BCUT2D eigenvalue weighted by molar-refractivity contribution is 5.48. The third-order valence-corrected chi connectivity index (χ3v) is 5.03. The van der Waals surface area contributed by atoms with Crippen LogP contribution in [0.3, 0.4) is 0 Å². The molecule has 0 aromatic rings. The Morgan fingerprint density at radius 3 is 1.76 bits per heavy atom. The van der Waals surface area contributed by atoms with Gasteiger partial charge in [-0.05, 0) is 39.2 Å². The lowest BCUT2D eigenvalue weighted by Gasteiger charge is -2.13.